The van der Waals surface area contributed by atoms with Gasteiger partial charge in [0.25, 0.3) is 11.8 Å². The number of ether oxygens (including phenoxy) is 1. The molecule has 2 aromatic carbocycles. The van der Waals surface area contributed by atoms with Gasteiger partial charge in [0.1, 0.15) is 17.0 Å². The van der Waals surface area contributed by atoms with Gasteiger partial charge in [-0.3, -0.25) is 14.6 Å². The Morgan fingerprint density at radius 3 is 2.36 bits per heavy atom. The van der Waals surface area contributed by atoms with E-state index in [0.29, 0.717) is 24.1 Å². The molecule has 8 nitrogen and oxygen atoms in total. The van der Waals surface area contributed by atoms with Crippen LogP contribution in [0.3, 0.4) is 0 Å². The van der Waals surface area contributed by atoms with Crippen molar-refractivity contribution in [1.82, 2.24) is 9.88 Å². The number of imide groups is 1. The summed E-state index contributed by atoms with van der Waals surface area (Å²) < 4.78 is 41.2. The number of aromatic nitrogens is 1. The summed E-state index contributed by atoms with van der Waals surface area (Å²) in [5.41, 5.74) is 0.497. The second-order valence-electron chi connectivity index (χ2n) is 8.45. The second kappa shape index (κ2) is 8.67. The molecule has 1 aromatic heterocycles. The summed E-state index contributed by atoms with van der Waals surface area (Å²) in [6.07, 6.45) is -2.46. The zero-order valence-electron chi connectivity index (χ0n) is 18.7. The molecule has 3 aromatic rings. The maximum atomic E-state index is 13.3. The fourth-order valence-corrected chi connectivity index (χ4v) is 4.16. The summed E-state index contributed by atoms with van der Waals surface area (Å²) in [6.45, 7) is 0.0600. The highest BCUT2D eigenvalue weighted by Gasteiger charge is 2.65. The molecular formula is C25H19F3N4O4. The average Bonchev–Trinajstić information content (AvgIpc) is 3.62. The highest BCUT2D eigenvalue weighted by atomic mass is 19.4. The van der Waals surface area contributed by atoms with Gasteiger partial charge in [0.2, 0.25) is 0 Å². The summed E-state index contributed by atoms with van der Waals surface area (Å²) in [7, 11) is 0. The molecule has 1 saturated heterocycles. The summed E-state index contributed by atoms with van der Waals surface area (Å²) >= 11 is 0. The molecule has 36 heavy (non-hydrogen) atoms. The highest BCUT2D eigenvalue weighted by molar-refractivity contribution is 6.24. The van der Waals surface area contributed by atoms with Crippen molar-refractivity contribution in [3.05, 3.63) is 84.2 Å². The normalized spacial score (nSPS) is 16.4. The quantitative estimate of drug-likeness (QED) is 0.498. The number of hydrogen-bond acceptors (Lipinski definition) is 5. The van der Waals surface area contributed by atoms with Crippen LogP contribution >= 0.6 is 0 Å². The third-order valence-corrected chi connectivity index (χ3v) is 6.02. The van der Waals surface area contributed by atoms with E-state index in [0.717, 1.165) is 17.0 Å². The van der Waals surface area contributed by atoms with Gasteiger partial charge in [0.05, 0.1) is 5.69 Å². The van der Waals surface area contributed by atoms with Crippen molar-refractivity contribution in [2.75, 3.05) is 10.2 Å². The van der Waals surface area contributed by atoms with Crippen LogP contribution in [0.1, 0.15) is 28.9 Å². The van der Waals surface area contributed by atoms with Gasteiger partial charge in [-0.1, -0.05) is 18.2 Å². The van der Waals surface area contributed by atoms with Crippen LogP contribution in [0.2, 0.25) is 0 Å². The van der Waals surface area contributed by atoms with Crippen LogP contribution in [-0.2, 0) is 11.3 Å². The van der Waals surface area contributed by atoms with E-state index in [1.165, 1.54) is 23.2 Å². The summed E-state index contributed by atoms with van der Waals surface area (Å²) in [5, 5.41) is 2.75. The van der Waals surface area contributed by atoms with Crippen molar-refractivity contribution in [2.45, 2.75) is 31.3 Å². The van der Waals surface area contributed by atoms with Crippen molar-refractivity contribution < 1.29 is 32.3 Å². The van der Waals surface area contributed by atoms with E-state index in [-0.39, 0.29) is 17.9 Å². The fraction of sp³-hybridized carbons (Fsp3) is 0.200. The molecule has 1 aliphatic carbocycles. The number of urea groups is 1. The van der Waals surface area contributed by atoms with Gasteiger partial charge >= 0.3 is 12.4 Å². The Morgan fingerprint density at radius 2 is 1.72 bits per heavy atom. The number of amides is 4. The number of pyridine rings is 1. The lowest BCUT2D eigenvalue weighted by molar-refractivity contribution is -0.274. The monoisotopic (exact) mass is 496 g/mol. The van der Waals surface area contributed by atoms with Crippen LogP contribution in [0.15, 0.2) is 72.9 Å². The number of halogens is 3. The molecule has 1 N–H and O–H groups in total. The molecule has 0 atom stereocenters. The third-order valence-electron chi connectivity index (χ3n) is 6.02. The average molecular weight is 496 g/mol. The van der Waals surface area contributed by atoms with Crippen LogP contribution < -0.4 is 15.0 Å². The van der Waals surface area contributed by atoms with Crippen LogP contribution in [0.4, 0.5) is 29.3 Å². The first-order valence-electron chi connectivity index (χ1n) is 11.0. The number of hydrogen-bond donors (Lipinski definition) is 1. The van der Waals surface area contributed by atoms with Gasteiger partial charge in [-0.15, -0.1) is 13.2 Å². The van der Waals surface area contributed by atoms with Gasteiger partial charge in [-0.05, 0) is 66.9 Å². The molecule has 2 heterocycles. The first-order chi connectivity index (χ1) is 17.2. The Kier molecular flexibility index (Phi) is 5.62. The van der Waals surface area contributed by atoms with Gasteiger partial charge in [0.15, 0.2) is 0 Å². The van der Waals surface area contributed by atoms with E-state index < -0.39 is 35.5 Å². The lowest BCUT2D eigenvalue weighted by Gasteiger charge is -2.21. The van der Waals surface area contributed by atoms with Crippen molar-refractivity contribution in [1.29, 1.82) is 0 Å². The molecule has 0 radical (unpaired) electrons. The number of nitrogens with one attached hydrogen (secondary N) is 1. The summed E-state index contributed by atoms with van der Waals surface area (Å²) in [5.74, 6) is -1.31. The third kappa shape index (κ3) is 4.47. The van der Waals surface area contributed by atoms with Crippen molar-refractivity contribution in [2.24, 2.45) is 0 Å². The van der Waals surface area contributed by atoms with Gasteiger partial charge in [0, 0.05) is 18.4 Å². The predicted molar refractivity (Wildman–Crippen MR) is 122 cm³/mol. The number of para-hydroxylation sites is 1. The first kappa shape index (κ1) is 23.3. The Morgan fingerprint density at radius 1 is 1.03 bits per heavy atom. The van der Waals surface area contributed by atoms with E-state index in [9.17, 15) is 27.6 Å². The van der Waals surface area contributed by atoms with Crippen LogP contribution in [0.25, 0.3) is 0 Å². The molecule has 0 bridgehead atoms. The molecule has 11 heteroatoms. The van der Waals surface area contributed by atoms with Crippen molar-refractivity contribution in [3.8, 4) is 5.75 Å². The molecule has 4 amide bonds. The van der Waals surface area contributed by atoms with Crippen LogP contribution in [0.5, 0.6) is 5.75 Å². The van der Waals surface area contributed by atoms with Gasteiger partial charge in [-0.25, -0.2) is 9.69 Å². The highest BCUT2D eigenvalue weighted by Crippen LogP contribution is 2.49. The van der Waals surface area contributed by atoms with E-state index in [1.54, 1.807) is 36.4 Å². The minimum atomic E-state index is -4.85. The Labute approximate surface area is 203 Å². The number of benzene rings is 2. The summed E-state index contributed by atoms with van der Waals surface area (Å²) in [6, 6.07) is 16.0. The first-order valence-corrected chi connectivity index (χ1v) is 11.0. The Bertz CT molecular complexity index is 1330. The maximum Gasteiger partial charge on any atom is 0.573 e. The topological polar surface area (TPSA) is 91.8 Å². The lowest BCUT2D eigenvalue weighted by atomic mass is 10.1. The molecule has 2 fully saturated rings. The number of carbonyl (C=O) groups excluding carboxylic acids is 3. The molecule has 1 aliphatic heterocycles. The molecule has 1 spiro atoms. The molecule has 1 saturated carbocycles. The largest absolute Gasteiger partial charge is 0.573 e. The second-order valence-corrected chi connectivity index (χ2v) is 8.45. The van der Waals surface area contributed by atoms with E-state index in [4.69, 9.17) is 0 Å². The van der Waals surface area contributed by atoms with Gasteiger partial charge in [-0.2, -0.15) is 0 Å². The van der Waals surface area contributed by atoms with Crippen LogP contribution in [-0.4, -0.2) is 39.6 Å². The zero-order valence-corrected chi connectivity index (χ0v) is 18.7. The number of alkyl halides is 3. The Hall–Kier alpha value is -4.41. The smallest absolute Gasteiger partial charge is 0.406 e. The SMILES string of the molecule is O=C(Nc1ccccc1)c1cc(CN2C(=O)N(c3ccc(OC(F)(F)F)cc3)C(=O)C23CC3)ccn1. The number of carbonyl (C=O) groups is 3. The minimum Gasteiger partial charge on any atom is -0.406 e. The van der Waals surface area contributed by atoms with E-state index >= 15 is 0 Å². The Balaban J connectivity index is 1.34. The van der Waals surface area contributed by atoms with Crippen molar-refractivity contribution in [3.63, 3.8) is 0 Å². The molecule has 184 valence electrons. The van der Waals surface area contributed by atoms with Crippen LogP contribution in [0, 0.1) is 0 Å². The lowest BCUT2D eigenvalue weighted by Crippen LogP contribution is -2.36. The fourth-order valence-electron chi connectivity index (χ4n) is 4.16. The zero-order chi connectivity index (χ0) is 25.5. The summed E-state index contributed by atoms with van der Waals surface area (Å²) in [4.78, 5) is 45.6. The number of rotatable bonds is 6. The molecule has 5 rings (SSSR count). The molecular weight excluding hydrogens is 477 g/mol. The number of nitrogens with zero attached hydrogens (tertiary/aromatic N) is 3. The minimum absolute atomic E-state index is 0.0600. The number of anilines is 2. The maximum absolute atomic E-state index is 13.3. The van der Waals surface area contributed by atoms with E-state index in [2.05, 4.69) is 15.0 Å². The van der Waals surface area contributed by atoms with E-state index in [1.807, 2.05) is 6.07 Å². The molecule has 0 unspecified atom stereocenters. The standard InChI is InChI=1S/C25H19F3N4O4/c26-25(27,28)36-19-8-6-18(7-9-19)32-22(34)24(11-12-24)31(23(32)35)15-16-10-13-29-20(14-16)21(33)30-17-4-2-1-3-5-17/h1-10,13-14H,11-12,15H2,(H,30,33). The van der Waals surface area contributed by atoms with Gasteiger partial charge < -0.3 is 15.0 Å². The predicted octanol–water partition coefficient (Wildman–Crippen LogP) is 4.73. The van der Waals surface area contributed by atoms with Crippen molar-refractivity contribution >= 4 is 29.2 Å². The molecule has 2 aliphatic rings.